The summed E-state index contributed by atoms with van der Waals surface area (Å²) in [6, 6.07) is 0. The molecule has 2 heterocycles. The SMILES string of the molecule is CC.CC.CC.CC(=O)NCCCN1CCCC1=O.CC(=O)NCCc1cnc[nH]1. The quantitative estimate of drug-likeness (QED) is 0.580. The fraction of sp³-hybridized carbons (Fsp3) is 0.727. The van der Waals surface area contributed by atoms with Crippen molar-refractivity contribution in [1.82, 2.24) is 25.5 Å². The standard InChI is InChI=1S/C9H16N2O2.C7H11N3O.3C2H6/c1-8(12)10-5-3-7-11-6-2-4-9(11)13;1-6(11)9-3-2-7-4-8-5-10-7;3*1-2/h2-7H2,1H3,(H,10,12);4-5H,2-3H2,1H3,(H,8,10)(H,9,11);3*1-2H3. The van der Waals surface area contributed by atoms with Gasteiger partial charge in [-0.2, -0.15) is 0 Å². The minimum absolute atomic E-state index is 0.00418. The first-order valence-electron chi connectivity index (χ1n) is 11.2. The number of carbonyl (C=O) groups is 3. The molecule has 3 amide bonds. The van der Waals surface area contributed by atoms with Crippen LogP contribution in [0.1, 0.15) is 80.3 Å². The minimum Gasteiger partial charge on any atom is -0.356 e. The van der Waals surface area contributed by atoms with Crippen LogP contribution in [0.4, 0.5) is 0 Å². The molecule has 176 valence electrons. The minimum atomic E-state index is -0.00671. The molecule has 1 aliphatic heterocycles. The van der Waals surface area contributed by atoms with Gasteiger partial charge in [-0.25, -0.2) is 4.98 Å². The van der Waals surface area contributed by atoms with Crippen molar-refractivity contribution < 1.29 is 14.4 Å². The van der Waals surface area contributed by atoms with E-state index in [2.05, 4.69) is 20.6 Å². The van der Waals surface area contributed by atoms with E-state index in [-0.39, 0.29) is 17.7 Å². The van der Waals surface area contributed by atoms with Crippen LogP contribution >= 0.6 is 0 Å². The van der Waals surface area contributed by atoms with E-state index in [9.17, 15) is 14.4 Å². The van der Waals surface area contributed by atoms with Gasteiger partial charge in [0.15, 0.2) is 0 Å². The zero-order valence-corrected chi connectivity index (χ0v) is 20.4. The second-order valence-electron chi connectivity index (χ2n) is 5.63. The average Bonchev–Trinajstić information content (AvgIpc) is 3.42. The van der Waals surface area contributed by atoms with E-state index in [0.717, 1.165) is 38.0 Å². The Morgan fingerprint density at radius 1 is 1.03 bits per heavy atom. The molecule has 1 saturated heterocycles. The third-order valence-electron chi connectivity index (χ3n) is 3.47. The maximum atomic E-state index is 11.1. The van der Waals surface area contributed by atoms with Crippen LogP contribution in [0.15, 0.2) is 12.5 Å². The Morgan fingerprint density at radius 3 is 2.03 bits per heavy atom. The molecular formula is C22H45N5O3. The van der Waals surface area contributed by atoms with Crippen LogP contribution in [0, 0.1) is 0 Å². The highest BCUT2D eigenvalue weighted by atomic mass is 16.2. The number of hydrogen-bond donors (Lipinski definition) is 3. The van der Waals surface area contributed by atoms with Crippen LogP contribution in [0.2, 0.25) is 0 Å². The van der Waals surface area contributed by atoms with Gasteiger partial charge in [-0.05, 0) is 12.8 Å². The second kappa shape index (κ2) is 24.7. The fourth-order valence-electron chi connectivity index (χ4n) is 2.27. The van der Waals surface area contributed by atoms with Gasteiger partial charge >= 0.3 is 0 Å². The maximum absolute atomic E-state index is 11.1. The van der Waals surface area contributed by atoms with Gasteiger partial charge in [0.25, 0.3) is 0 Å². The lowest BCUT2D eigenvalue weighted by atomic mass is 10.3. The van der Waals surface area contributed by atoms with Crippen molar-refractivity contribution in [1.29, 1.82) is 0 Å². The van der Waals surface area contributed by atoms with Gasteiger partial charge in [0.05, 0.1) is 6.33 Å². The lowest BCUT2D eigenvalue weighted by molar-refractivity contribution is -0.127. The average molecular weight is 428 g/mol. The van der Waals surface area contributed by atoms with Crippen LogP contribution in [0.3, 0.4) is 0 Å². The fourth-order valence-corrected chi connectivity index (χ4v) is 2.27. The molecule has 0 unspecified atom stereocenters. The molecule has 1 fully saturated rings. The highest BCUT2D eigenvalue weighted by molar-refractivity contribution is 5.78. The Hall–Kier alpha value is -2.38. The van der Waals surface area contributed by atoms with Gasteiger partial charge in [0, 0.05) is 64.8 Å². The second-order valence-corrected chi connectivity index (χ2v) is 5.63. The topological polar surface area (TPSA) is 107 Å². The van der Waals surface area contributed by atoms with E-state index < -0.39 is 0 Å². The molecule has 0 radical (unpaired) electrons. The monoisotopic (exact) mass is 427 g/mol. The van der Waals surface area contributed by atoms with E-state index >= 15 is 0 Å². The number of rotatable bonds is 7. The number of likely N-dealkylation sites (tertiary alicyclic amines) is 1. The normalized spacial score (nSPS) is 11.2. The summed E-state index contributed by atoms with van der Waals surface area (Å²) in [6.07, 6.45) is 6.72. The van der Waals surface area contributed by atoms with Crippen molar-refractivity contribution in [2.24, 2.45) is 0 Å². The lowest BCUT2D eigenvalue weighted by Gasteiger charge is -2.14. The molecule has 0 spiro atoms. The molecule has 30 heavy (non-hydrogen) atoms. The Balaban J connectivity index is -0.000000392. The van der Waals surface area contributed by atoms with Gasteiger partial charge in [-0.15, -0.1) is 0 Å². The van der Waals surface area contributed by atoms with E-state index in [4.69, 9.17) is 0 Å². The highest BCUT2D eigenvalue weighted by Gasteiger charge is 2.18. The first kappa shape index (κ1) is 32.3. The maximum Gasteiger partial charge on any atom is 0.222 e. The highest BCUT2D eigenvalue weighted by Crippen LogP contribution is 2.09. The van der Waals surface area contributed by atoms with Crippen molar-refractivity contribution in [3.05, 3.63) is 18.2 Å². The molecular weight excluding hydrogens is 382 g/mol. The zero-order chi connectivity index (χ0) is 23.8. The molecule has 0 atom stereocenters. The molecule has 1 aliphatic rings. The van der Waals surface area contributed by atoms with Crippen molar-refractivity contribution in [2.75, 3.05) is 26.2 Å². The number of aromatic amines is 1. The Morgan fingerprint density at radius 2 is 1.60 bits per heavy atom. The number of nitrogens with one attached hydrogen (secondary N) is 3. The smallest absolute Gasteiger partial charge is 0.222 e. The number of carbonyl (C=O) groups excluding carboxylic acids is 3. The molecule has 8 nitrogen and oxygen atoms in total. The predicted octanol–water partition coefficient (Wildman–Crippen LogP) is 3.30. The summed E-state index contributed by atoms with van der Waals surface area (Å²) in [7, 11) is 0. The van der Waals surface area contributed by atoms with E-state index in [1.165, 1.54) is 13.8 Å². The number of hydrogen-bond acceptors (Lipinski definition) is 4. The molecule has 0 aromatic carbocycles. The number of amides is 3. The number of H-pyrrole nitrogens is 1. The van der Waals surface area contributed by atoms with Gasteiger partial charge in [-0.1, -0.05) is 41.5 Å². The summed E-state index contributed by atoms with van der Waals surface area (Å²) in [5, 5.41) is 5.40. The van der Waals surface area contributed by atoms with Crippen LogP contribution in [0.25, 0.3) is 0 Å². The molecule has 2 rings (SSSR count). The van der Waals surface area contributed by atoms with Gasteiger partial charge in [0.2, 0.25) is 17.7 Å². The number of aromatic nitrogens is 2. The number of nitrogens with zero attached hydrogens (tertiary/aromatic N) is 2. The molecule has 8 heteroatoms. The van der Waals surface area contributed by atoms with E-state index in [0.29, 0.717) is 19.5 Å². The summed E-state index contributed by atoms with van der Waals surface area (Å²) in [6.45, 7) is 18.0. The molecule has 3 N–H and O–H groups in total. The van der Waals surface area contributed by atoms with Crippen molar-refractivity contribution in [3.63, 3.8) is 0 Å². The Kier molecular flexibility index (Phi) is 26.5. The molecule has 0 aliphatic carbocycles. The Labute approximate surface area is 183 Å². The summed E-state index contributed by atoms with van der Waals surface area (Å²) in [5.74, 6) is 0.250. The molecule has 1 aromatic heterocycles. The summed E-state index contributed by atoms with van der Waals surface area (Å²) in [5.41, 5.74) is 1.04. The molecule has 0 bridgehead atoms. The summed E-state index contributed by atoms with van der Waals surface area (Å²) >= 11 is 0. The molecule has 1 aromatic rings. The zero-order valence-electron chi connectivity index (χ0n) is 20.4. The predicted molar refractivity (Wildman–Crippen MR) is 124 cm³/mol. The summed E-state index contributed by atoms with van der Waals surface area (Å²) < 4.78 is 0. The van der Waals surface area contributed by atoms with Crippen LogP contribution in [0.5, 0.6) is 0 Å². The van der Waals surface area contributed by atoms with Crippen LogP contribution in [-0.2, 0) is 20.8 Å². The lowest BCUT2D eigenvalue weighted by Crippen LogP contribution is -2.29. The third kappa shape index (κ3) is 20.4. The van der Waals surface area contributed by atoms with Crippen molar-refractivity contribution in [2.45, 2.75) is 81.1 Å². The first-order valence-corrected chi connectivity index (χ1v) is 11.2. The van der Waals surface area contributed by atoms with Crippen molar-refractivity contribution >= 4 is 17.7 Å². The molecule has 0 saturated carbocycles. The number of imidazole rings is 1. The third-order valence-corrected chi connectivity index (χ3v) is 3.47. The summed E-state index contributed by atoms with van der Waals surface area (Å²) in [4.78, 5) is 40.8. The first-order chi connectivity index (χ1) is 14.5. The largest absolute Gasteiger partial charge is 0.356 e. The van der Waals surface area contributed by atoms with Gasteiger partial charge in [0.1, 0.15) is 0 Å². The van der Waals surface area contributed by atoms with Crippen LogP contribution in [-0.4, -0.2) is 58.8 Å². The van der Waals surface area contributed by atoms with Gasteiger partial charge in [-0.3, -0.25) is 14.4 Å². The Bertz CT molecular complexity index is 519. The van der Waals surface area contributed by atoms with Crippen LogP contribution < -0.4 is 10.6 Å². The van der Waals surface area contributed by atoms with Crippen molar-refractivity contribution in [3.8, 4) is 0 Å². The van der Waals surface area contributed by atoms with E-state index in [1.54, 1.807) is 12.5 Å². The van der Waals surface area contributed by atoms with E-state index in [1.807, 2.05) is 46.4 Å². The van der Waals surface area contributed by atoms with Gasteiger partial charge < -0.3 is 20.5 Å².